The molecule has 1 atom stereocenters. The van der Waals surface area contributed by atoms with E-state index in [1.807, 2.05) is 13.8 Å². The Balaban J connectivity index is 3.23. The lowest BCUT2D eigenvalue weighted by molar-refractivity contribution is 0.269. The molecule has 0 saturated heterocycles. The summed E-state index contributed by atoms with van der Waals surface area (Å²) in [5, 5.41) is 9.38. The number of nitrogens with one attached hydrogen (secondary N) is 1. The number of aliphatic hydroxyl groups is 1. The van der Waals surface area contributed by atoms with Crippen LogP contribution in [0.5, 0.6) is 11.5 Å². The largest absolute Gasteiger partial charge is 0.493 e. The predicted octanol–water partition coefficient (Wildman–Crippen LogP) is 1.66. The molecule has 2 N–H and O–H groups in total. The van der Waals surface area contributed by atoms with E-state index in [1.54, 1.807) is 0 Å². The molecule has 0 aromatic heterocycles. The van der Waals surface area contributed by atoms with E-state index < -0.39 is 10.0 Å². The van der Waals surface area contributed by atoms with Crippen LogP contribution in [-0.4, -0.2) is 33.8 Å². The Morgan fingerprint density at radius 1 is 1.29 bits per heavy atom. The summed E-state index contributed by atoms with van der Waals surface area (Å²) < 4.78 is 37.6. The minimum atomic E-state index is -3.67. The molecule has 0 fully saturated rings. The summed E-state index contributed by atoms with van der Waals surface area (Å²) in [5.41, 5.74) is 0.361. The highest BCUT2D eigenvalue weighted by atomic mass is 32.2. The summed E-state index contributed by atoms with van der Waals surface area (Å²) >= 11 is 0. The number of methoxy groups -OCH3 is 2. The minimum absolute atomic E-state index is 0.0483. The van der Waals surface area contributed by atoms with Gasteiger partial charge in [-0.3, -0.25) is 0 Å². The summed E-state index contributed by atoms with van der Waals surface area (Å²) in [6, 6.07) is 2.62. The topological polar surface area (TPSA) is 84.9 Å². The van der Waals surface area contributed by atoms with E-state index in [1.165, 1.54) is 26.4 Å². The van der Waals surface area contributed by atoms with Gasteiger partial charge in [-0.05, 0) is 19.4 Å². The lowest BCUT2D eigenvalue weighted by Crippen LogP contribution is -2.32. The molecule has 120 valence electrons. The van der Waals surface area contributed by atoms with Crippen LogP contribution in [0, 0.1) is 0 Å². The molecular formula is C14H23NO5S. The maximum Gasteiger partial charge on any atom is 0.240 e. The van der Waals surface area contributed by atoms with Crippen LogP contribution in [0.25, 0.3) is 0 Å². The Bertz CT molecular complexity index is 546. The fourth-order valence-electron chi connectivity index (χ4n) is 2.11. The highest BCUT2D eigenvalue weighted by Gasteiger charge is 2.21. The van der Waals surface area contributed by atoms with Crippen molar-refractivity contribution in [1.29, 1.82) is 0 Å². The van der Waals surface area contributed by atoms with Gasteiger partial charge in [-0.1, -0.05) is 13.3 Å². The van der Waals surface area contributed by atoms with E-state index in [2.05, 4.69) is 4.72 Å². The zero-order valence-corrected chi connectivity index (χ0v) is 13.7. The molecule has 0 aliphatic carbocycles. The molecule has 6 nitrogen and oxygen atoms in total. The first-order valence-electron chi connectivity index (χ1n) is 6.77. The van der Waals surface area contributed by atoms with Crippen molar-refractivity contribution in [2.45, 2.75) is 44.2 Å². The van der Waals surface area contributed by atoms with Crippen LogP contribution in [0.15, 0.2) is 17.0 Å². The van der Waals surface area contributed by atoms with Crippen molar-refractivity contribution in [2.24, 2.45) is 0 Å². The normalized spacial score (nSPS) is 13.0. The Morgan fingerprint density at radius 3 is 2.43 bits per heavy atom. The van der Waals surface area contributed by atoms with Crippen molar-refractivity contribution in [3.8, 4) is 11.5 Å². The van der Waals surface area contributed by atoms with Gasteiger partial charge in [-0.15, -0.1) is 0 Å². The van der Waals surface area contributed by atoms with Crippen LogP contribution >= 0.6 is 0 Å². The molecule has 0 aliphatic heterocycles. The van der Waals surface area contributed by atoms with Crippen LogP contribution in [0.4, 0.5) is 0 Å². The van der Waals surface area contributed by atoms with Crippen molar-refractivity contribution >= 4 is 10.0 Å². The van der Waals surface area contributed by atoms with Crippen molar-refractivity contribution in [3.63, 3.8) is 0 Å². The second kappa shape index (κ2) is 7.63. The average molecular weight is 317 g/mol. The van der Waals surface area contributed by atoms with Gasteiger partial charge in [0.05, 0.1) is 25.7 Å². The first kappa shape index (κ1) is 17.7. The van der Waals surface area contributed by atoms with E-state index in [0.717, 1.165) is 12.8 Å². The van der Waals surface area contributed by atoms with Crippen molar-refractivity contribution < 1.29 is 23.0 Å². The van der Waals surface area contributed by atoms with Crippen molar-refractivity contribution in [1.82, 2.24) is 4.72 Å². The molecule has 1 aromatic carbocycles. The second-order valence-corrected chi connectivity index (χ2v) is 6.50. The van der Waals surface area contributed by atoms with Gasteiger partial charge in [0.25, 0.3) is 0 Å². The molecule has 0 spiro atoms. The SMILES string of the molecule is CCCC(C)NS(=O)(=O)c1cc(CO)c(OC)c(OC)c1. The Kier molecular flexibility index (Phi) is 6.44. The third-order valence-corrected chi connectivity index (χ3v) is 4.66. The van der Waals surface area contributed by atoms with Crippen molar-refractivity contribution in [2.75, 3.05) is 14.2 Å². The van der Waals surface area contributed by atoms with Gasteiger partial charge in [0, 0.05) is 17.7 Å². The standard InChI is InChI=1S/C14H23NO5S/c1-5-6-10(2)15-21(17,18)12-7-11(9-16)14(20-4)13(8-12)19-3/h7-8,10,15-16H,5-6,9H2,1-4H3. The number of rotatable bonds is 8. The second-order valence-electron chi connectivity index (χ2n) is 4.79. The average Bonchev–Trinajstić information content (AvgIpc) is 2.45. The molecule has 7 heteroatoms. The van der Waals surface area contributed by atoms with Crippen molar-refractivity contribution in [3.05, 3.63) is 17.7 Å². The van der Waals surface area contributed by atoms with E-state index in [-0.39, 0.29) is 23.3 Å². The molecule has 0 amide bonds. The summed E-state index contributed by atoms with van der Waals surface area (Å²) in [6.45, 7) is 3.47. The van der Waals surface area contributed by atoms with Gasteiger partial charge in [0.15, 0.2) is 11.5 Å². The van der Waals surface area contributed by atoms with Gasteiger partial charge < -0.3 is 14.6 Å². The first-order valence-corrected chi connectivity index (χ1v) is 8.26. The van der Waals surface area contributed by atoms with Crippen LogP contribution in [0.2, 0.25) is 0 Å². The monoisotopic (exact) mass is 317 g/mol. The number of sulfonamides is 1. The molecule has 0 aliphatic rings. The van der Waals surface area contributed by atoms with Gasteiger partial charge in [-0.25, -0.2) is 13.1 Å². The van der Waals surface area contributed by atoms with Crippen LogP contribution < -0.4 is 14.2 Å². The Labute approximate surface area is 126 Å². The first-order chi connectivity index (χ1) is 9.89. The maximum atomic E-state index is 12.4. The molecule has 0 radical (unpaired) electrons. The highest BCUT2D eigenvalue weighted by molar-refractivity contribution is 7.89. The van der Waals surface area contributed by atoms with E-state index in [0.29, 0.717) is 11.3 Å². The minimum Gasteiger partial charge on any atom is -0.493 e. The third kappa shape index (κ3) is 4.33. The van der Waals surface area contributed by atoms with Gasteiger partial charge in [0.2, 0.25) is 10.0 Å². The van der Waals surface area contributed by atoms with Gasteiger partial charge in [-0.2, -0.15) is 0 Å². The molecular weight excluding hydrogens is 294 g/mol. The summed E-state index contributed by atoms with van der Waals surface area (Å²) in [6.07, 6.45) is 1.64. The van der Waals surface area contributed by atoms with E-state index >= 15 is 0 Å². The smallest absolute Gasteiger partial charge is 0.240 e. The summed E-state index contributed by atoms with van der Waals surface area (Å²) in [7, 11) is -0.812. The molecule has 0 bridgehead atoms. The molecule has 0 saturated carbocycles. The Hall–Kier alpha value is -1.31. The number of hydrogen-bond acceptors (Lipinski definition) is 5. The van der Waals surface area contributed by atoms with E-state index in [9.17, 15) is 13.5 Å². The van der Waals surface area contributed by atoms with Crippen LogP contribution in [0.1, 0.15) is 32.3 Å². The van der Waals surface area contributed by atoms with Crippen LogP contribution in [0.3, 0.4) is 0 Å². The molecule has 21 heavy (non-hydrogen) atoms. The highest BCUT2D eigenvalue weighted by Crippen LogP contribution is 2.34. The fourth-order valence-corrected chi connectivity index (χ4v) is 3.46. The fraction of sp³-hybridized carbons (Fsp3) is 0.571. The quantitative estimate of drug-likeness (QED) is 0.762. The van der Waals surface area contributed by atoms with E-state index in [4.69, 9.17) is 9.47 Å². The zero-order chi connectivity index (χ0) is 16.0. The lowest BCUT2D eigenvalue weighted by atomic mass is 10.2. The summed E-state index contributed by atoms with van der Waals surface area (Å²) in [4.78, 5) is 0.0483. The number of ether oxygens (including phenoxy) is 2. The van der Waals surface area contributed by atoms with Gasteiger partial charge >= 0.3 is 0 Å². The number of aliphatic hydroxyl groups excluding tert-OH is 1. The Morgan fingerprint density at radius 2 is 1.95 bits per heavy atom. The lowest BCUT2D eigenvalue weighted by Gasteiger charge is -2.16. The zero-order valence-electron chi connectivity index (χ0n) is 12.8. The third-order valence-electron chi connectivity index (χ3n) is 3.09. The van der Waals surface area contributed by atoms with Gasteiger partial charge in [0.1, 0.15) is 0 Å². The number of hydrogen-bond donors (Lipinski definition) is 2. The predicted molar refractivity (Wildman–Crippen MR) is 80.2 cm³/mol. The molecule has 1 aromatic rings. The van der Waals surface area contributed by atoms with Crippen LogP contribution in [-0.2, 0) is 16.6 Å². The maximum absolute atomic E-state index is 12.4. The summed E-state index contributed by atoms with van der Waals surface area (Å²) in [5.74, 6) is 0.605. The number of benzene rings is 1. The molecule has 1 unspecified atom stereocenters. The molecule has 1 rings (SSSR count). The molecule has 0 heterocycles.